The van der Waals surface area contributed by atoms with E-state index in [0.717, 1.165) is 17.6 Å². The Morgan fingerprint density at radius 2 is 2.42 bits per heavy atom. The van der Waals surface area contributed by atoms with Crippen molar-refractivity contribution in [3.05, 3.63) is 0 Å². The average Bonchev–Trinajstić information content (AvgIpc) is 2.53. The van der Waals surface area contributed by atoms with Gasteiger partial charge in [0.15, 0.2) is 5.17 Å². The third kappa shape index (κ3) is 3.03. The highest BCUT2D eigenvalue weighted by Crippen LogP contribution is 2.12. The van der Waals surface area contributed by atoms with Gasteiger partial charge in [0.2, 0.25) is 0 Å². The first-order valence-electron chi connectivity index (χ1n) is 4.48. The third-order valence-corrected chi connectivity index (χ3v) is 2.83. The number of nitrogens with one attached hydrogen (secondary N) is 1. The van der Waals surface area contributed by atoms with Gasteiger partial charge in [0.25, 0.3) is 0 Å². The van der Waals surface area contributed by atoms with E-state index in [1.807, 2.05) is 7.05 Å². The number of unbranched alkanes of at least 4 members (excludes halogenated alkanes) is 2. The van der Waals surface area contributed by atoms with Crippen LogP contribution in [0.5, 0.6) is 0 Å². The molecule has 1 N–H and O–H groups in total. The fraction of sp³-hybridized carbons (Fsp3) is 0.875. The van der Waals surface area contributed by atoms with Crippen LogP contribution in [-0.2, 0) is 0 Å². The molecule has 12 heavy (non-hydrogen) atoms. The van der Waals surface area contributed by atoms with Crippen molar-refractivity contribution in [2.45, 2.75) is 26.2 Å². The molecule has 0 aliphatic carbocycles. The molecule has 1 heterocycles. The van der Waals surface area contributed by atoms with Gasteiger partial charge in [-0.05, 0) is 6.42 Å². The quantitative estimate of drug-likeness (QED) is 0.678. The molecule has 0 spiro atoms. The van der Waals surface area contributed by atoms with Gasteiger partial charge in [-0.15, -0.1) is 0 Å². The van der Waals surface area contributed by atoms with Crippen molar-refractivity contribution in [1.29, 1.82) is 0 Å². The van der Waals surface area contributed by atoms with Crippen LogP contribution in [0.3, 0.4) is 0 Å². The first-order valence-corrected chi connectivity index (χ1v) is 5.46. The Balaban J connectivity index is 2.11. The second-order valence-corrected chi connectivity index (χ2v) is 3.82. The molecular formula is C8H17N3S. The zero-order valence-electron chi connectivity index (χ0n) is 7.84. The van der Waals surface area contributed by atoms with Crippen LogP contribution in [0.1, 0.15) is 26.2 Å². The molecule has 0 atom stereocenters. The van der Waals surface area contributed by atoms with Gasteiger partial charge in [-0.1, -0.05) is 31.5 Å². The molecule has 0 amide bonds. The van der Waals surface area contributed by atoms with Crippen LogP contribution in [0.4, 0.5) is 0 Å². The number of hydrogen-bond acceptors (Lipinski definition) is 3. The van der Waals surface area contributed by atoms with E-state index < -0.39 is 0 Å². The molecule has 1 fully saturated rings. The van der Waals surface area contributed by atoms with Crippen LogP contribution in [0.15, 0.2) is 4.99 Å². The molecule has 0 aromatic rings. The summed E-state index contributed by atoms with van der Waals surface area (Å²) in [6.07, 6.45) is 3.89. The van der Waals surface area contributed by atoms with E-state index >= 15 is 0 Å². The van der Waals surface area contributed by atoms with E-state index in [2.05, 4.69) is 22.4 Å². The molecule has 1 aliphatic rings. The van der Waals surface area contributed by atoms with Crippen LogP contribution < -0.4 is 5.43 Å². The fourth-order valence-corrected chi connectivity index (χ4v) is 1.92. The molecule has 1 rings (SSSR count). The number of nitrogens with zero attached hydrogens (tertiary/aromatic N) is 2. The van der Waals surface area contributed by atoms with Gasteiger partial charge >= 0.3 is 0 Å². The molecule has 0 aromatic carbocycles. The van der Waals surface area contributed by atoms with E-state index in [1.54, 1.807) is 11.8 Å². The van der Waals surface area contributed by atoms with Crippen molar-refractivity contribution < 1.29 is 0 Å². The van der Waals surface area contributed by atoms with Gasteiger partial charge < -0.3 is 0 Å². The highest BCUT2D eigenvalue weighted by molar-refractivity contribution is 8.14. The van der Waals surface area contributed by atoms with Crippen molar-refractivity contribution in [2.75, 3.05) is 19.5 Å². The van der Waals surface area contributed by atoms with E-state index in [1.165, 1.54) is 19.3 Å². The maximum absolute atomic E-state index is 4.09. The molecule has 0 bridgehead atoms. The Morgan fingerprint density at radius 1 is 1.58 bits per heavy atom. The van der Waals surface area contributed by atoms with Crippen LogP contribution in [0.2, 0.25) is 0 Å². The zero-order chi connectivity index (χ0) is 8.81. The van der Waals surface area contributed by atoms with Crippen LogP contribution >= 0.6 is 11.8 Å². The van der Waals surface area contributed by atoms with Crippen LogP contribution in [0.25, 0.3) is 0 Å². The normalized spacial score (nSPS) is 21.7. The van der Waals surface area contributed by atoms with Crippen molar-refractivity contribution in [1.82, 2.24) is 10.4 Å². The Labute approximate surface area is 78.6 Å². The Morgan fingerprint density at radius 3 is 3.00 bits per heavy atom. The van der Waals surface area contributed by atoms with Gasteiger partial charge in [0, 0.05) is 13.6 Å². The predicted octanol–water partition coefficient (Wildman–Crippen LogP) is 1.67. The lowest BCUT2D eigenvalue weighted by Gasteiger charge is -2.13. The lowest BCUT2D eigenvalue weighted by Crippen LogP contribution is -2.33. The largest absolute Gasteiger partial charge is 0.297 e. The predicted molar refractivity (Wildman–Crippen MR) is 55.2 cm³/mol. The van der Waals surface area contributed by atoms with Crippen molar-refractivity contribution in [3.8, 4) is 0 Å². The van der Waals surface area contributed by atoms with Crippen molar-refractivity contribution >= 4 is 16.9 Å². The number of amidine groups is 1. The second kappa shape index (κ2) is 5.43. The second-order valence-electron chi connectivity index (χ2n) is 2.88. The van der Waals surface area contributed by atoms with E-state index in [4.69, 9.17) is 0 Å². The summed E-state index contributed by atoms with van der Waals surface area (Å²) in [5.74, 6) is 1.04. The molecule has 0 aromatic heterocycles. The summed E-state index contributed by atoms with van der Waals surface area (Å²) < 4.78 is 0. The van der Waals surface area contributed by atoms with Gasteiger partial charge in [-0.3, -0.25) is 10.4 Å². The highest BCUT2D eigenvalue weighted by atomic mass is 32.2. The highest BCUT2D eigenvalue weighted by Gasteiger charge is 2.15. The van der Waals surface area contributed by atoms with Gasteiger partial charge in [0.05, 0.1) is 5.88 Å². The Hall–Kier alpha value is -0.220. The standard InChI is InChI=1S/C8H17N3S/c1-3-4-5-6-11-7-12-8(9-2)10-11/h3-7H2,1-2H3,(H,9,10). The summed E-state index contributed by atoms with van der Waals surface area (Å²) in [6, 6.07) is 0. The number of hydrazine groups is 1. The molecule has 1 aliphatic heterocycles. The van der Waals surface area contributed by atoms with Gasteiger partial charge in [-0.2, -0.15) is 0 Å². The molecular weight excluding hydrogens is 170 g/mol. The zero-order valence-corrected chi connectivity index (χ0v) is 8.65. The first-order chi connectivity index (χ1) is 5.86. The van der Waals surface area contributed by atoms with Crippen LogP contribution in [0, 0.1) is 0 Å². The maximum atomic E-state index is 4.09. The summed E-state index contributed by atoms with van der Waals surface area (Å²) in [4.78, 5) is 4.09. The van der Waals surface area contributed by atoms with Crippen molar-refractivity contribution in [3.63, 3.8) is 0 Å². The maximum Gasteiger partial charge on any atom is 0.172 e. The fourth-order valence-electron chi connectivity index (χ4n) is 1.13. The lowest BCUT2D eigenvalue weighted by atomic mass is 10.2. The SMILES string of the molecule is CCCCCN1CSC(=NC)N1. The van der Waals surface area contributed by atoms with Crippen LogP contribution in [-0.4, -0.2) is 29.6 Å². The summed E-state index contributed by atoms with van der Waals surface area (Å²) in [5.41, 5.74) is 3.25. The molecule has 0 unspecified atom stereocenters. The van der Waals surface area contributed by atoms with E-state index in [-0.39, 0.29) is 0 Å². The topological polar surface area (TPSA) is 27.6 Å². The van der Waals surface area contributed by atoms with E-state index in [0.29, 0.717) is 0 Å². The Kier molecular flexibility index (Phi) is 4.46. The molecule has 70 valence electrons. The molecule has 0 saturated carbocycles. The number of aliphatic imine (C=N–C) groups is 1. The number of rotatable bonds is 4. The molecule has 0 radical (unpaired) electrons. The summed E-state index contributed by atoms with van der Waals surface area (Å²) >= 11 is 1.77. The minimum atomic E-state index is 1.04. The minimum Gasteiger partial charge on any atom is -0.297 e. The van der Waals surface area contributed by atoms with Gasteiger partial charge in [0.1, 0.15) is 0 Å². The van der Waals surface area contributed by atoms with Crippen molar-refractivity contribution in [2.24, 2.45) is 4.99 Å². The van der Waals surface area contributed by atoms with E-state index in [9.17, 15) is 0 Å². The summed E-state index contributed by atoms with van der Waals surface area (Å²) in [5, 5.41) is 3.27. The monoisotopic (exact) mass is 187 g/mol. The summed E-state index contributed by atoms with van der Waals surface area (Å²) in [7, 11) is 1.82. The lowest BCUT2D eigenvalue weighted by molar-refractivity contribution is 0.284. The molecule has 3 nitrogen and oxygen atoms in total. The smallest absolute Gasteiger partial charge is 0.172 e. The number of hydrogen-bond donors (Lipinski definition) is 1. The first kappa shape index (κ1) is 9.86. The molecule has 1 saturated heterocycles. The average molecular weight is 187 g/mol. The number of thioether (sulfide) groups is 1. The molecule has 4 heteroatoms. The third-order valence-electron chi connectivity index (χ3n) is 1.85. The minimum absolute atomic E-state index is 1.04. The summed E-state index contributed by atoms with van der Waals surface area (Å²) in [6.45, 7) is 3.37. The Bertz CT molecular complexity index is 158. The van der Waals surface area contributed by atoms with Gasteiger partial charge in [-0.25, -0.2) is 5.01 Å².